The number of nitrogens with zero attached hydrogens (tertiary/aromatic N) is 3. The number of hydrazine groups is 1. The number of nitrogens with one attached hydrogen (secondary N) is 2. The van der Waals surface area contributed by atoms with Crippen LogP contribution in [-0.2, 0) is 25.8 Å². The van der Waals surface area contributed by atoms with Crippen LogP contribution in [0.25, 0.3) is 0 Å². The number of hydroxylamine groups is 2. The van der Waals surface area contributed by atoms with Crippen LogP contribution in [0.4, 0.5) is 9.59 Å². The number of hydrogen-bond acceptors (Lipinski definition) is 6. The molecule has 3 saturated heterocycles. The highest BCUT2D eigenvalue weighted by Crippen LogP contribution is 2.30. The molecule has 1 aromatic rings. The molecule has 11 nitrogen and oxygen atoms in total. The van der Waals surface area contributed by atoms with Crippen molar-refractivity contribution in [3.8, 4) is 0 Å². The fourth-order valence-electron chi connectivity index (χ4n) is 4.78. The van der Waals surface area contributed by atoms with Crippen molar-refractivity contribution in [1.29, 1.82) is 0 Å². The molecule has 0 aromatic heterocycles. The Kier molecular flexibility index (Phi) is 7.67. The van der Waals surface area contributed by atoms with Gasteiger partial charge in [0.05, 0.1) is 12.0 Å². The molecule has 0 radical (unpaired) electrons. The van der Waals surface area contributed by atoms with Crippen molar-refractivity contribution >= 4 is 23.9 Å². The molecule has 2 N–H and O–H groups in total. The van der Waals surface area contributed by atoms with Crippen LogP contribution in [0.3, 0.4) is 0 Å². The number of hydrogen-bond donors (Lipinski definition) is 2. The van der Waals surface area contributed by atoms with Gasteiger partial charge in [-0.1, -0.05) is 30.3 Å². The summed E-state index contributed by atoms with van der Waals surface area (Å²) in [5.41, 5.74) is 5.30. The number of urea groups is 1. The van der Waals surface area contributed by atoms with Gasteiger partial charge in [0.15, 0.2) is 0 Å². The van der Waals surface area contributed by atoms with Gasteiger partial charge in [-0.2, -0.15) is 5.06 Å². The number of benzene rings is 1. The number of likely N-dealkylation sites (tertiary alicyclic amines) is 1. The van der Waals surface area contributed by atoms with Crippen molar-refractivity contribution in [1.82, 2.24) is 25.7 Å². The molecule has 3 heterocycles. The van der Waals surface area contributed by atoms with Crippen LogP contribution in [0.1, 0.15) is 52.0 Å². The van der Waals surface area contributed by atoms with E-state index in [1.807, 2.05) is 30.3 Å². The van der Waals surface area contributed by atoms with E-state index in [4.69, 9.17) is 9.57 Å². The molecule has 2 bridgehead atoms. The molecule has 3 atom stereocenters. The molecular weight excluding hydrogens is 466 g/mol. The Labute approximate surface area is 211 Å². The summed E-state index contributed by atoms with van der Waals surface area (Å²) in [4.78, 5) is 59.7. The molecule has 0 saturated carbocycles. The normalized spacial score (nSPS) is 23.9. The number of carbonyl (C=O) groups excluding carboxylic acids is 4. The highest BCUT2D eigenvalue weighted by molar-refractivity contribution is 5.90. The number of ether oxygens (including phenoxy) is 1. The third kappa shape index (κ3) is 6.07. The Balaban J connectivity index is 1.26. The average molecular weight is 502 g/mol. The second kappa shape index (κ2) is 10.7. The predicted octanol–water partition coefficient (Wildman–Crippen LogP) is 2.18. The number of carbonyl (C=O) groups is 4. The third-order valence-corrected chi connectivity index (χ3v) is 6.59. The van der Waals surface area contributed by atoms with Gasteiger partial charge in [0.25, 0.3) is 5.91 Å². The minimum atomic E-state index is -0.691. The Hall–Kier alpha value is -3.34. The molecule has 4 rings (SSSR count). The van der Waals surface area contributed by atoms with Crippen molar-refractivity contribution < 1.29 is 28.8 Å². The molecular formula is C25H35N5O6. The van der Waals surface area contributed by atoms with Crippen molar-refractivity contribution in [2.75, 3.05) is 19.6 Å². The maximum absolute atomic E-state index is 12.9. The molecule has 0 aliphatic carbocycles. The van der Waals surface area contributed by atoms with Crippen LogP contribution in [0.5, 0.6) is 0 Å². The van der Waals surface area contributed by atoms with Crippen LogP contribution in [0.15, 0.2) is 30.3 Å². The summed E-state index contributed by atoms with van der Waals surface area (Å²) in [5.74, 6) is -1.27. The summed E-state index contributed by atoms with van der Waals surface area (Å²) in [6.07, 6.45) is 1.91. The summed E-state index contributed by atoms with van der Waals surface area (Å²) in [7, 11) is 0. The summed E-state index contributed by atoms with van der Waals surface area (Å²) in [5, 5.41) is 1.37. The van der Waals surface area contributed by atoms with Crippen molar-refractivity contribution in [3.63, 3.8) is 0 Å². The third-order valence-electron chi connectivity index (χ3n) is 6.59. The van der Waals surface area contributed by atoms with E-state index in [0.717, 1.165) is 5.56 Å². The Morgan fingerprint density at radius 3 is 2.44 bits per heavy atom. The number of piperidine rings is 2. The lowest BCUT2D eigenvalue weighted by Gasteiger charge is -2.33. The Bertz CT molecular complexity index is 981. The zero-order valence-corrected chi connectivity index (χ0v) is 21.1. The van der Waals surface area contributed by atoms with Gasteiger partial charge in [0, 0.05) is 19.6 Å². The first kappa shape index (κ1) is 25.7. The Morgan fingerprint density at radius 2 is 1.72 bits per heavy atom. The second-order valence-corrected chi connectivity index (χ2v) is 10.5. The van der Waals surface area contributed by atoms with E-state index in [0.29, 0.717) is 38.8 Å². The first-order chi connectivity index (χ1) is 17.1. The minimum Gasteiger partial charge on any atom is -0.444 e. The van der Waals surface area contributed by atoms with Gasteiger partial charge in [-0.25, -0.2) is 9.59 Å². The monoisotopic (exact) mass is 501 g/mol. The van der Waals surface area contributed by atoms with Crippen LogP contribution >= 0.6 is 0 Å². The Morgan fingerprint density at radius 1 is 1.00 bits per heavy atom. The fourth-order valence-corrected chi connectivity index (χ4v) is 4.78. The molecule has 3 aliphatic rings. The molecule has 3 aliphatic heterocycles. The summed E-state index contributed by atoms with van der Waals surface area (Å²) in [6, 6.07) is 8.42. The zero-order valence-electron chi connectivity index (χ0n) is 21.1. The molecule has 3 fully saturated rings. The maximum atomic E-state index is 12.9. The van der Waals surface area contributed by atoms with Gasteiger partial charge in [-0.3, -0.25) is 25.3 Å². The first-order valence-corrected chi connectivity index (χ1v) is 12.5. The van der Waals surface area contributed by atoms with Crippen LogP contribution in [0.2, 0.25) is 0 Å². The van der Waals surface area contributed by atoms with Crippen molar-refractivity contribution in [3.05, 3.63) is 35.9 Å². The maximum Gasteiger partial charge on any atom is 0.410 e. The van der Waals surface area contributed by atoms with E-state index in [-0.39, 0.29) is 31.1 Å². The highest BCUT2D eigenvalue weighted by Gasteiger charge is 2.48. The molecule has 5 amide bonds. The molecule has 0 spiro atoms. The lowest BCUT2D eigenvalue weighted by Crippen LogP contribution is -2.56. The van der Waals surface area contributed by atoms with Crippen molar-refractivity contribution in [2.24, 2.45) is 5.92 Å². The standard InChI is InChI=1S/C25H35N5O6/c1-25(2,3)36-24(34)28-13-7-10-18(14-28)21(31)26-27-22(32)20-12-11-19-15-29(20)23(33)30(19)35-16-17-8-5-4-6-9-17/h4-6,8-9,18-20H,7,10-16H2,1-3H3,(H,26,31)(H,27,32)/t18-,19-,20+/m1/s1. The van der Waals surface area contributed by atoms with Crippen LogP contribution < -0.4 is 10.9 Å². The number of fused-ring (bicyclic) bond motifs is 2. The van der Waals surface area contributed by atoms with Gasteiger partial charge in [-0.15, -0.1) is 0 Å². The smallest absolute Gasteiger partial charge is 0.410 e. The predicted molar refractivity (Wildman–Crippen MR) is 129 cm³/mol. The molecule has 11 heteroatoms. The summed E-state index contributed by atoms with van der Waals surface area (Å²) in [6.45, 7) is 6.79. The SMILES string of the molecule is CC(C)(C)OC(=O)N1CCC[C@@H](C(=O)NNC(=O)[C@@H]2CC[C@@H]3CN2C(=O)N3OCc2ccccc2)C1. The van der Waals surface area contributed by atoms with Crippen LogP contribution in [-0.4, -0.2) is 76.1 Å². The largest absolute Gasteiger partial charge is 0.444 e. The van der Waals surface area contributed by atoms with E-state index >= 15 is 0 Å². The van der Waals surface area contributed by atoms with Crippen molar-refractivity contribution in [2.45, 2.75) is 70.7 Å². The summed E-state index contributed by atoms with van der Waals surface area (Å²) < 4.78 is 5.41. The second-order valence-electron chi connectivity index (χ2n) is 10.5. The number of rotatable bonds is 5. The van der Waals surface area contributed by atoms with Gasteiger partial charge >= 0.3 is 12.1 Å². The molecule has 0 unspecified atom stereocenters. The topological polar surface area (TPSA) is 121 Å². The highest BCUT2D eigenvalue weighted by atomic mass is 16.7. The van der Waals surface area contributed by atoms with Gasteiger partial charge in [0.1, 0.15) is 18.2 Å². The summed E-state index contributed by atoms with van der Waals surface area (Å²) >= 11 is 0. The molecule has 196 valence electrons. The quantitative estimate of drug-likeness (QED) is 0.597. The van der Waals surface area contributed by atoms with E-state index in [1.165, 1.54) is 14.9 Å². The van der Waals surface area contributed by atoms with Crippen LogP contribution in [0, 0.1) is 5.92 Å². The van der Waals surface area contributed by atoms with Gasteiger partial charge in [-0.05, 0) is 52.0 Å². The molecule has 1 aromatic carbocycles. The van der Waals surface area contributed by atoms with E-state index in [9.17, 15) is 19.2 Å². The van der Waals surface area contributed by atoms with Gasteiger partial charge < -0.3 is 14.5 Å². The lowest BCUT2D eigenvalue weighted by molar-refractivity contribution is -0.140. The average Bonchev–Trinajstić information content (AvgIpc) is 3.09. The fraction of sp³-hybridized carbons (Fsp3) is 0.600. The number of amides is 5. The van der Waals surface area contributed by atoms with E-state index in [1.54, 1.807) is 20.8 Å². The van der Waals surface area contributed by atoms with E-state index < -0.39 is 29.6 Å². The van der Waals surface area contributed by atoms with Gasteiger partial charge in [0.2, 0.25) is 5.91 Å². The zero-order chi connectivity index (χ0) is 25.9. The minimum absolute atomic E-state index is 0.110. The first-order valence-electron chi connectivity index (χ1n) is 12.5. The molecule has 36 heavy (non-hydrogen) atoms. The van der Waals surface area contributed by atoms with E-state index in [2.05, 4.69) is 10.9 Å². The lowest BCUT2D eigenvalue weighted by atomic mass is 9.97.